The van der Waals surface area contributed by atoms with Crippen LogP contribution in [0.25, 0.3) is 0 Å². The summed E-state index contributed by atoms with van der Waals surface area (Å²) < 4.78 is 10.7. The first-order valence-corrected chi connectivity index (χ1v) is 8.39. The van der Waals surface area contributed by atoms with Crippen LogP contribution in [0.4, 0.5) is 0 Å². The number of hydrogen-bond acceptors (Lipinski definition) is 5. The lowest BCUT2D eigenvalue weighted by atomic mass is 10.1. The Morgan fingerprint density at radius 3 is 2.67 bits per heavy atom. The number of thioether (sulfide) groups is 1. The van der Waals surface area contributed by atoms with E-state index in [0.717, 1.165) is 10.6 Å². The van der Waals surface area contributed by atoms with Gasteiger partial charge < -0.3 is 4.74 Å². The van der Waals surface area contributed by atoms with Crippen molar-refractivity contribution in [2.24, 2.45) is 0 Å². The molecule has 0 spiro atoms. The highest BCUT2D eigenvalue weighted by atomic mass is 32.2. The Labute approximate surface area is 118 Å². The maximum Gasteiger partial charge on any atom is 0.244 e. The topological polar surface area (TPSA) is 45.9 Å². The van der Waals surface area contributed by atoms with E-state index in [1.54, 1.807) is 11.8 Å². The fourth-order valence-electron chi connectivity index (χ4n) is 1.64. The average molecular weight is 284 g/mol. The van der Waals surface area contributed by atoms with Gasteiger partial charge in [0.1, 0.15) is 15.8 Å². The summed E-state index contributed by atoms with van der Waals surface area (Å²) in [5, 5.41) is 9.04. The van der Waals surface area contributed by atoms with Gasteiger partial charge in [0.2, 0.25) is 5.88 Å². The lowest BCUT2D eigenvalue weighted by molar-refractivity contribution is 0.295. The van der Waals surface area contributed by atoms with Gasteiger partial charge in [0.05, 0.1) is 6.61 Å². The van der Waals surface area contributed by atoms with Crippen LogP contribution in [0, 0.1) is 11.3 Å². The van der Waals surface area contributed by atoms with E-state index in [-0.39, 0.29) is 0 Å². The smallest absolute Gasteiger partial charge is 0.244 e. The Kier molecular flexibility index (Phi) is 7.86. The number of aromatic nitrogens is 1. The van der Waals surface area contributed by atoms with E-state index < -0.39 is 0 Å². The molecule has 0 amide bonds. The molecular formula is C13H20N2OS2. The predicted octanol–water partition coefficient (Wildman–Crippen LogP) is 4.48. The molecule has 0 saturated carbocycles. The van der Waals surface area contributed by atoms with Crippen LogP contribution in [0.1, 0.15) is 51.0 Å². The second kappa shape index (κ2) is 9.23. The molecule has 0 aliphatic heterocycles. The third kappa shape index (κ3) is 4.87. The summed E-state index contributed by atoms with van der Waals surface area (Å²) in [5.74, 6) is 0.514. The molecule has 1 aromatic rings. The van der Waals surface area contributed by atoms with Crippen LogP contribution in [0.5, 0.6) is 5.88 Å². The van der Waals surface area contributed by atoms with Crippen LogP contribution in [0.15, 0.2) is 4.21 Å². The van der Waals surface area contributed by atoms with Gasteiger partial charge in [-0.1, -0.05) is 39.0 Å². The highest BCUT2D eigenvalue weighted by Crippen LogP contribution is 2.31. The molecule has 1 heterocycles. The van der Waals surface area contributed by atoms with Gasteiger partial charge in [-0.25, -0.2) is 0 Å². The van der Waals surface area contributed by atoms with Crippen molar-refractivity contribution in [2.75, 3.05) is 12.9 Å². The summed E-state index contributed by atoms with van der Waals surface area (Å²) in [5.41, 5.74) is 0.596. The summed E-state index contributed by atoms with van der Waals surface area (Å²) in [7, 11) is 0. The van der Waals surface area contributed by atoms with E-state index in [2.05, 4.69) is 17.4 Å². The molecule has 0 atom stereocenters. The minimum atomic E-state index is 0.514. The molecule has 0 aliphatic rings. The molecule has 0 saturated heterocycles. The number of rotatable bonds is 9. The van der Waals surface area contributed by atoms with Crippen LogP contribution in [-0.2, 0) is 0 Å². The molecule has 0 fully saturated rings. The van der Waals surface area contributed by atoms with E-state index in [4.69, 9.17) is 10.00 Å². The van der Waals surface area contributed by atoms with E-state index >= 15 is 0 Å². The molecule has 0 N–H and O–H groups in total. The second-order valence-corrected chi connectivity index (χ2v) is 5.93. The molecule has 5 heteroatoms. The molecule has 3 nitrogen and oxygen atoms in total. The maximum atomic E-state index is 9.04. The standard InChI is InChI=1S/C13H20N2OS2/c1-3-4-5-6-7-8-9-16-12-11(10-14)13(17-2)18-15-12/h3-9H2,1-2H3. The molecular weight excluding hydrogens is 264 g/mol. The number of unbranched alkanes of at least 4 members (excludes halogenated alkanes) is 5. The normalized spacial score (nSPS) is 10.3. The first kappa shape index (κ1) is 15.3. The second-order valence-electron chi connectivity index (χ2n) is 4.08. The number of ether oxygens (including phenoxy) is 1. The summed E-state index contributed by atoms with van der Waals surface area (Å²) in [6, 6.07) is 2.17. The third-order valence-corrected chi connectivity index (χ3v) is 4.59. The van der Waals surface area contributed by atoms with Gasteiger partial charge in [-0.05, 0) is 24.2 Å². The molecule has 0 aromatic carbocycles. The van der Waals surface area contributed by atoms with Crippen LogP contribution < -0.4 is 4.74 Å². The third-order valence-electron chi connectivity index (χ3n) is 2.66. The molecule has 0 aliphatic carbocycles. The van der Waals surface area contributed by atoms with Gasteiger partial charge in [-0.3, -0.25) is 0 Å². The number of nitriles is 1. The molecule has 18 heavy (non-hydrogen) atoms. The van der Waals surface area contributed by atoms with Crippen LogP contribution in [0.3, 0.4) is 0 Å². The summed E-state index contributed by atoms with van der Waals surface area (Å²) in [6.07, 6.45) is 9.37. The van der Waals surface area contributed by atoms with Gasteiger partial charge in [0.15, 0.2) is 0 Å². The molecule has 100 valence electrons. The van der Waals surface area contributed by atoms with Crippen molar-refractivity contribution in [3.8, 4) is 11.9 Å². The fraction of sp³-hybridized carbons (Fsp3) is 0.692. The van der Waals surface area contributed by atoms with Crippen molar-refractivity contribution in [2.45, 2.75) is 49.7 Å². The maximum absolute atomic E-state index is 9.04. The zero-order valence-electron chi connectivity index (χ0n) is 11.1. The molecule has 0 bridgehead atoms. The Balaban J connectivity index is 2.23. The van der Waals surface area contributed by atoms with Crippen molar-refractivity contribution in [1.29, 1.82) is 5.26 Å². The van der Waals surface area contributed by atoms with E-state index in [1.165, 1.54) is 43.6 Å². The van der Waals surface area contributed by atoms with Gasteiger partial charge >= 0.3 is 0 Å². The van der Waals surface area contributed by atoms with Crippen molar-refractivity contribution < 1.29 is 4.74 Å². The van der Waals surface area contributed by atoms with Gasteiger partial charge in [-0.2, -0.15) is 9.64 Å². The van der Waals surface area contributed by atoms with E-state index in [1.807, 2.05) is 6.26 Å². The van der Waals surface area contributed by atoms with Crippen LogP contribution in [0.2, 0.25) is 0 Å². The van der Waals surface area contributed by atoms with Gasteiger partial charge in [0, 0.05) is 0 Å². The number of nitrogens with zero attached hydrogens (tertiary/aromatic N) is 2. The summed E-state index contributed by atoms with van der Waals surface area (Å²) in [6.45, 7) is 2.89. The van der Waals surface area contributed by atoms with Crippen molar-refractivity contribution in [1.82, 2.24) is 4.37 Å². The van der Waals surface area contributed by atoms with Crippen molar-refractivity contribution in [3.05, 3.63) is 5.56 Å². The van der Waals surface area contributed by atoms with E-state index in [9.17, 15) is 0 Å². The Morgan fingerprint density at radius 1 is 1.28 bits per heavy atom. The lowest BCUT2D eigenvalue weighted by Gasteiger charge is -2.03. The number of hydrogen-bond donors (Lipinski definition) is 0. The molecule has 0 radical (unpaired) electrons. The minimum absolute atomic E-state index is 0.514. The van der Waals surface area contributed by atoms with Gasteiger partial charge in [0.25, 0.3) is 0 Å². The zero-order chi connectivity index (χ0) is 13.2. The average Bonchev–Trinajstić information content (AvgIpc) is 2.79. The summed E-state index contributed by atoms with van der Waals surface area (Å²) in [4.78, 5) is 0. The zero-order valence-corrected chi connectivity index (χ0v) is 12.7. The SMILES string of the molecule is CCCCCCCCOc1nsc(SC)c1C#N. The Bertz CT molecular complexity index is 385. The largest absolute Gasteiger partial charge is 0.476 e. The quantitative estimate of drug-likeness (QED) is 0.495. The Hall–Kier alpha value is -0.730. The first-order valence-electron chi connectivity index (χ1n) is 6.40. The molecule has 1 aromatic heterocycles. The minimum Gasteiger partial charge on any atom is -0.476 e. The monoisotopic (exact) mass is 284 g/mol. The first-order chi connectivity index (χ1) is 8.83. The highest BCUT2D eigenvalue weighted by molar-refractivity contribution is 8.00. The highest BCUT2D eigenvalue weighted by Gasteiger charge is 2.13. The van der Waals surface area contributed by atoms with Crippen LogP contribution in [-0.4, -0.2) is 17.2 Å². The van der Waals surface area contributed by atoms with Crippen LogP contribution >= 0.6 is 23.3 Å². The van der Waals surface area contributed by atoms with Crippen molar-refractivity contribution >= 4 is 23.3 Å². The molecule has 1 rings (SSSR count). The predicted molar refractivity (Wildman–Crippen MR) is 77.5 cm³/mol. The molecule has 0 unspecified atom stereocenters. The fourth-order valence-corrected chi connectivity index (χ4v) is 2.93. The van der Waals surface area contributed by atoms with E-state index in [0.29, 0.717) is 18.1 Å². The Morgan fingerprint density at radius 2 is 2.00 bits per heavy atom. The van der Waals surface area contributed by atoms with Gasteiger partial charge in [-0.15, -0.1) is 11.8 Å². The lowest BCUT2D eigenvalue weighted by Crippen LogP contribution is -1.98. The summed E-state index contributed by atoms with van der Waals surface area (Å²) >= 11 is 2.89. The van der Waals surface area contributed by atoms with Crippen molar-refractivity contribution in [3.63, 3.8) is 0 Å².